The molecule has 0 spiro atoms. The third kappa shape index (κ3) is 3.91. The van der Waals surface area contributed by atoms with Gasteiger partial charge in [0.2, 0.25) is 17.8 Å². The standard InChI is InChI=1S/C23H20BrN5O3/c24-15-5-7-16(8-6-15)25-21(31)17-11-18(30)26-20-19(17)22(32)28-23(27-20)29-10-9-13-3-1-2-4-14(13)12-29/h1-8,17H,9-12H2,(H,25,31)(H2,26,27,28,30,32). The van der Waals surface area contributed by atoms with Crippen molar-refractivity contribution < 1.29 is 9.59 Å². The summed E-state index contributed by atoms with van der Waals surface area (Å²) in [4.78, 5) is 47.6. The van der Waals surface area contributed by atoms with Crippen molar-refractivity contribution in [2.45, 2.75) is 25.3 Å². The molecule has 0 radical (unpaired) electrons. The number of H-pyrrole nitrogens is 1. The number of halogens is 1. The quantitative estimate of drug-likeness (QED) is 0.519. The van der Waals surface area contributed by atoms with Gasteiger partial charge in [0.1, 0.15) is 5.82 Å². The molecule has 3 N–H and O–H groups in total. The van der Waals surface area contributed by atoms with Crippen LogP contribution in [0.15, 0.2) is 57.8 Å². The lowest BCUT2D eigenvalue weighted by atomic mass is 9.92. The van der Waals surface area contributed by atoms with Crippen molar-refractivity contribution in [1.29, 1.82) is 0 Å². The van der Waals surface area contributed by atoms with Crippen LogP contribution in [0.1, 0.15) is 29.0 Å². The van der Waals surface area contributed by atoms with E-state index in [0.717, 1.165) is 10.9 Å². The lowest BCUT2D eigenvalue weighted by molar-refractivity contribution is -0.123. The van der Waals surface area contributed by atoms with Crippen LogP contribution in [0.3, 0.4) is 0 Å². The highest BCUT2D eigenvalue weighted by molar-refractivity contribution is 9.10. The van der Waals surface area contributed by atoms with Crippen LogP contribution in [-0.4, -0.2) is 28.3 Å². The first-order chi connectivity index (χ1) is 15.5. The van der Waals surface area contributed by atoms with Gasteiger partial charge >= 0.3 is 0 Å². The summed E-state index contributed by atoms with van der Waals surface area (Å²) >= 11 is 3.35. The Balaban J connectivity index is 1.44. The van der Waals surface area contributed by atoms with Crippen molar-refractivity contribution in [2.75, 3.05) is 22.1 Å². The Morgan fingerprint density at radius 2 is 1.84 bits per heavy atom. The van der Waals surface area contributed by atoms with E-state index in [0.29, 0.717) is 24.7 Å². The van der Waals surface area contributed by atoms with E-state index in [1.807, 2.05) is 17.0 Å². The molecule has 1 aromatic heterocycles. The van der Waals surface area contributed by atoms with Crippen molar-refractivity contribution >= 4 is 45.2 Å². The molecular weight excluding hydrogens is 474 g/mol. The molecule has 2 amide bonds. The number of hydrogen-bond donors (Lipinski definition) is 3. The van der Waals surface area contributed by atoms with Gasteiger partial charge in [0.15, 0.2) is 0 Å². The van der Waals surface area contributed by atoms with Gasteiger partial charge in [-0.05, 0) is 41.8 Å². The summed E-state index contributed by atoms with van der Waals surface area (Å²) in [5.74, 6) is -1.15. The van der Waals surface area contributed by atoms with Crippen LogP contribution < -0.4 is 21.1 Å². The highest BCUT2D eigenvalue weighted by atomic mass is 79.9. The van der Waals surface area contributed by atoms with Gasteiger partial charge in [-0.15, -0.1) is 0 Å². The number of rotatable bonds is 3. The Kier molecular flexibility index (Phi) is 5.26. The van der Waals surface area contributed by atoms with E-state index < -0.39 is 17.4 Å². The molecule has 32 heavy (non-hydrogen) atoms. The zero-order valence-corrected chi connectivity index (χ0v) is 18.6. The molecule has 0 saturated carbocycles. The van der Waals surface area contributed by atoms with E-state index in [1.165, 1.54) is 11.1 Å². The molecule has 3 aromatic rings. The summed E-state index contributed by atoms with van der Waals surface area (Å²) < 4.78 is 0.881. The number of aromatic nitrogens is 2. The Hall–Kier alpha value is -3.46. The number of fused-ring (bicyclic) bond motifs is 2. The molecule has 5 rings (SSSR count). The first-order valence-electron chi connectivity index (χ1n) is 10.3. The maximum Gasteiger partial charge on any atom is 0.258 e. The van der Waals surface area contributed by atoms with Crippen molar-refractivity contribution in [3.05, 3.63) is 80.0 Å². The Morgan fingerprint density at radius 3 is 2.62 bits per heavy atom. The highest BCUT2D eigenvalue weighted by Gasteiger charge is 2.35. The molecule has 2 aliphatic heterocycles. The molecule has 8 nitrogen and oxygen atoms in total. The van der Waals surface area contributed by atoms with Crippen LogP contribution in [0, 0.1) is 0 Å². The second kappa shape index (κ2) is 8.23. The lowest BCUT2D eigenvalue weighted by Crippen LogP contribution is -2.38. The minimum Gasteiger partial charge on any atom is -0.338 e. The maximum atomic E-state index is 13.0. The van der Waals surface area contributed by atoms with E-state index in [2.05, 4.69) is 48.7 Å². The fourth-order valence-corrected chi connectivity index (χ4v) is 4.44. The van der Waals surface area contributed by atoms with Crippen LogP contribution >= 0.6 is 15.9 Å². The van der Waals surface area contributed by atoms with Crippen LogP contribution in [0.5, 0.6) is 0 Å². The SMILES string of the molecule is O=C1CC(C(=O)Nc2ccc(Br)cc2)c2c(nc(N3CCc4ccccc4C3)[nH]c2=O)N1. The van der Waals surface area contributed by atoms with Crippen LogP contribution in [0.25, 0.3) is 0 Å². The Bertz CT molecular complexity index is 1270. The second-order valence-electron chi connectivity index (χ2n) is 7.89. The number of amides is 2. The van der Waals surface area contributed by atoms with Crippen LogP contribution in [0.4, 0.5) is 17.5 Å². The van der Waals surface area contributed by atoms with Gasteiger partial charge in [0.25, 0.3) is 5.56 Å². The fraction of sp³-hybridized carbons (Fsp3) is 0.217. The number of nitrogens with zero attached hydrogens (tertiary/aromatic N) is 2. The number of nitrogens with one attached hydrogen (secondary N) is 3. The molecule has 9 heteroatoms. The number of benzene rings is 2. The number of aromatic amines is 1. The lowest BCUT2D eigenvalue weighted by Gasteiger charge is -2.30. The molecule has 2 aliphatic rings. The molecule has 1 atom stereocenters. The molecule has 2 aromatic carbocycles. The third-order valence-corrected chi connectivity index (χ3v) is 6.33. The Labute approximate surface area is 192 Å². The number of hydrogen-bond acceptors (Lipinski definition) is 5. The van der Waals surface area contributed by atoms with Crippen molar-refractivity contribution in [3.8, 4) is 0 Å². The largest absolute Gasteiger partial charge is 0.338 e. The summed E-state index contributed by atoms with van der Waals surface area (Å²) in [5.41, 5.74) is 2.80. The Morgan fingerprint density at radius 1 is 1.09 bits per heavy atom. The first-order valence-corrected chi connectivity index (χ1v) is 11.1. The average Bonchev–Trinajstić information content (AvgIpc) is 2.79. The molecule has 0 aliphatic carbocycles. The van der Waals surface area contributed by atoms with E-state index in [1.54, 1.807) is 24.3 Å². The number of carbonyl (C=O) groups is 2. The van der Waals surface area contributed by atoms with Crippen molar-refractivity contribution in [3.63, 3.8) is 0 Å². The van der Waals surface area contributed by atoms with Gasteiger partial charge in [0, 0.05) is 29.7 Å². The zero-order valence-electron chi connectivity index (χ0n) is 17.0. The summed E-state index contributed by atoms with van der Waals surface area (Å²) in [6, 6.07) is 15.2. The van der Waals surface area contributed by atoms with Gasteiger partial charge in [-0.25, -0.2) is 0 Å². The van der Waals surface area contributed by atoms with E-state index in [-0.39, 0.29) is 23.7 Å². The van der Waals surface area contributed by atoms with Gasteiger partial charge in [-0.1, -0.05) is 40.2 Å². The zero-order chi connectivity index (χ0) is 22.2. The molecule has 0 bridgehead atoms. The van der Waals surface area contributed by atoms with Crippen molar-refractivity contribution in [2.24, 2.45) is 0 Å². The van der Waals surface area contributed by atoms with E-state index in [4.69, 9.17) is 0 Å². The number of carbonyl (C=O) groups excluding carboxylic acids is 2. The minimum absolute atomic E-state index is 0.115. The predicted octanol–water partition coefficient (Wildman–Crippen LogP) is 3.16. The van der Waals surface area contributed by atoms with Gasteiger partial charge in [-0.2, -0.15) is 4.98 Å². The summed E-state index contributed by atoms with van der Waals surface area (Å²) in [6.45, 7) is 1.31. The summed E-state index contributed by atoms with van der Waals surface area (Å²) in [7, 11) is 0. The number of anilines is 3. The maximum absolute atomic E-state index is 13.0. The predicted molar refractivity (Wildman–Crippen MR) is 125 cm³/mol. The summed E-state index contributed by atoms with van der Waals surface area (Å²) in [5, 5.41) is 5.46. The van der Waals surface area contributed by atoms with Gasteiger partial charge in [-0.3, -0.25) is 19.4 Å². The monoisotopic (exact) mass is 493 g/mol. The smallest absolute Gasteiger partial charge is 0.258 e. The fourth-order valence-electron chi connectivity index (χ4n) is 4.17. The normalized spacial score (nSPS) is 17.2. The van der Waals surface area contributed by atoms with Crippen LogP contribution in [-0.2, 0) is 22.6 Å². The minimum atomic E-state index is -0.922. The molecule has 0 saturated heterocycles. The van der Waals surface area contributed by atoms with E-state index in [9.17, 15) is 14.4 Å². The average molecular weight is 494 g/mol. The third-order valence-electron chi connectivity index (χ3n) is 5.80. The molecule has 0 fully saturated rings. The topological polar surface area (TPSA) is 107 Å². The van der Waals surface area contributed by atoms with Crippen molar-refractivity contribution in [1.82, 2.24) is 9.97 Å². The van der Waals surface area contributed by atoms with E-state index >= 15 is 0 Å². The highest BCUT2D eigenvalue weighted by Crippen LogP contribution is 2.31. The molecule has 3 heterocycles. The molecular formula is C23H20BrN5O3. The molecule has 162 valence electrons. The van der Waals surface area contributed by atoms with Gasteiger partial charge in [0.05, 0.1) is 11.5 Å². The van der Waals surface area contributed by atoms with Crippen LogP contribution in [0.2, 0.25) is 0 Å². The summed E-state index contributed by atoms with van der Waals surface area (Å²) in [6.07, 6.45) is 0.720. The first kappa shape index (κ1) is 20.4. The van der Waals surface area contributed by atoms with Gasteiger partial charge < -0.3 is 15.5 Å². The molecule has 1 unspecified atom stereocenters. The second-order valence-corrected chi connectivity index (χ2v) is 8.81.